The van der Waals surface area contributed by atoms with E-state index in [-0.39, 0.29) is 43.2 Å². The maximum absolute atomic E-state index is 12.6. The minimum absolute atomic E-state index is 0.00462. The number of carbonyl (C=O) groups excluding carboxylic acids is 3. The summed E-state index contributed by atoms with van der Waals surface area (Å²) in [6.45, 7) is 3.00. The molecule has 2 amide bonds. The number of benzene rings is 1. The average molecular weight is 444 g/mol. The Morgan fingerprint density at radius 2 is 1.84 bits per heavy atom. The van der Waals surface area contributed by atoms with E-state index in [1.54, 1.807) is 43.1 Å². The molecule has 2 heterocycles. The molecule has 0 bridgehead atoms. The van der Waals surface area contributed by atoms with E-state index < -0.39 is 11.2 Å². The van der Waals surface area contributed by atoms with Crippen molar-refractivity contribution in [1.29, 1.82) is 0 Å². The first-order valence-electron chi connectivity index (χ1n) is 10.7. The fourth-order valence-corrected chi connectivity index (χ4v) is 3.88. The molecule has 1 aliphatic rings. The summed E-state index contributed by atoms with van der Waals surface area (Å²) in [6, 6.07) is 6.69. The molecule has 172 valence electrons. The molecule has 1 saturated heterocycles. The number of rotatable bonds is 7. The van der Waals surface area contributed by atoms with Crippen LogP contribution < -0.4 is 11.2 Å². The predicted molar refractivity (Wildman–Crippen MR) is 117 cm³/mol. The number of amides is 2. The third-order valence-corrected chi connectivity index (χ3v) is 5.72. The number of hydrogen-bond donors (Lipinski definition) is 1. The molecular weight excluding hydrogens is 416 g/mol. The fraction of sp³-hybridized carbons (Fsp3) is 0.500. The monoisotopic (exact) mass is 444 g/mol. The largest absolute Gasteiger partial charge is 0.466 e. The van der Waals surface area contributed by atoms with Crippen LogP contribution in [0.5, 0.6) is 0 Å². The van der Waals surface area contributed by atoms with E-state index >= 15 is 0 Å². The number of piperidine rings is 1. The maximum atomic E-state index is 12.6. The quantitative estimate of drug-likeness (QED) is 0.615. The van der Waals surface area contributed by atoms with Crippen molar-refractivity contribution < 1.29 is 19.1 Å². The van der Waals surface area contributed by atoms with E-state index in [9.17, 15) is 24.0 Å². The Morgan fingerprint density at radius 3 is 2.53 bits per heavy atom. The first kappa shape index (κ1) is 23.2. The highest BCUT2D eigenvalue weighted by Crippen LogP contribution is 2.19. The third kappa shape index (κ3) is 5.24. The summed E-state index contributed by atoms with van der Waals surface area (Å²) in [5.41, 5.74) is -0.593. The van der Waals surface area contributed by atoms with Crippen molar-refractivity contribution in [2.45, 2.75) is 32.7 Å². The highest BCUT2D eigenvalue weighted by Gasteiger charge is 2.29. The Bertz CT molecular complexity index is 1110. The molecule has 32 heavy (non-hydrogen) atoms. The summed E-state index contributed by atoms with van der Waals surface area (Å²) < 4.78 is 6.39. The number of hydrogen-bond acceptors (Lipinski definition) is 6. The van der Waals surface area contributed by atoms with Gasteiger partial charge in [0.15, 0.2) is 0 Å². The van der Waals surface area contributed by atoms with E-state index in [0.717, 1.165) is 0 Å². The summed E-state index contributed by atoms with van der Waals surface area (Å²) in [4.78, 5) is 66.4. The van der Waals surface area contributed by atoms with Crippen molar-refractivity contribution in [1.82, 2.24) is 19.4 Å². The van der Waals surface area contributed by atoms with Gasteiger partial charge in [-0.2, -0.15) is 0 Å². The van der Waals surface area contributed by atoms with Crippen LogP contribution in [0.2, 0.25) is 0 Å². The van der Waals surface area contributed by atoms with Crippen LogP contribution in [0, 0.1) is 5.92 Å². The Hall–Kier alpha value is -3.43. The van der Waals surface area contributed by atoms with Gasteiger partial charge in [0.25, 0.3) is 5.56 Å². The topological polar surface area (TPSA) is 122 Å². The molecule has 3 rings (SSSR count). The van der Waals surface area contributed by atoms with Gasteiger partial charge in [-0.25, -0.2) is 4.79 Å². The number of aromatic nitrogens is 2. The second-order valence-electron chi connectivity index (χ2n) is 7.83. The number of H-pyrrole nitrogens is 1. The van der Waals surface area contributed by atoms with Gasteiger partial charge in [-0.3, -0.25) is 28.7 Å². The van der Waals surface area contributed by atoms with Gasteiger partial charge in [0.05, 0.1) is 30.0 Å². The molecule has 0 saturated carbocycles. The number of likely N-dealkylation sites (N-methyl/N-ethyl adjacent to an activating group) is 1. The summed E-state index contributed by atoms with van der Waals surface area (Å²) in [5.74, 6) is -0.891. The van der Waals surface area contributed by atoms with Crippen LogP contribution in [0.15, 0.2) is 33.9 Å². The molecule has 0 aliphatic carbocycles. The van der Waals surface area contributed by atoms with Crippen LogP contribution >= 0.6 is 0 Å². The van der Waals surface area contributed by atoms with Crippen molar-refractivity contribution in [3.8, 4) is 0 Å². The molecule has 10 nitrogen and oxygen atoms in total. The molecule has 1 aromatic heterocycles. The number of para-hydroxylation sites is 1. The van der Waals surface area contributed by atoms with Crippen molar-refractivity contribution in [3.05, 3.63) is 45.1 Å². The van der Waals surface area contributed by atoms with Gasteiger partial charge in [0.1, 0.15) is 0 Å². The van der Waals surface area contributed by atoms with E-state index in [2.05, 4.69) is 4.98 Å². The van der Waals surface area contributed by atoms with Crippen molar-refractivity contribution >= 4 is 28.7 Å². The lowest BCUT2D eigenvalue weighted by Gasteiger charge is -2.32. The van der Waals surface area contributed by atoms with Crippen LogP contribution in [0.1, 0.15) is 26.2 Å². The molecule has 1 fully saturated rings. The first-order valence-corrected chi connectivity index (χ1v) is 10.7. The van der Waals surface area contributed by atoms with Crippen LogP contribution in [0.4, 0.5) is 0 Å². The van der Waals surface area contributed by atoms with Gasteiger partial charge >= 0.3 is 11.7 Å². The van der Waals surface area contributed by atoms with Crippen LogP contribution in [0.3, 0.4) is 0 Å². The first-order chi connectivity index (χ1) is 15.3. The minimum Gasteiger partial charge on any atom is -0.466 e. The standard InChI is InChI=1S/C22H28N4O6/c1-3-32-21(30)15-8-11-25(12-9-15)19(28)14-24(2)18(27)10-13-26-17-7-5-4-6-16(17)20(29)23-22(26)31/h4-7,15H,3,8-14H2,1-2H3,(H,23,29,31). The Morgan fingerprint density at radius 1 is 1.16 bits per heavy atom. The molecule has 10 heteroatoms. The fourth-order valence-electron chi connectivity index (χ4n) is 3.88. The predicted octanol–water partition coefficient (Wildman–Crippen LogP) is 0.340. The summed E-state index contributed by atoms with van der Waals surface area (Å²) in [5, 5.41) is 0.370. The average Bonchev–Trinajstić information content (AvgIpc) is 2.79. The zero-order chi connectivity index (χ0) is 23.3. The van der Waals surface area contributed by atoms with Gasteiger partial charge in [-0.1, -0.05) is 12.1 Å². The van der Waals surface area contributed by atoms with Crippen LogP contribution in [0.25, 0.3) is 10.9 Å². The smallest absolute Gasteiger partial charge is 0.328 e. The summed E-state index contributed by atoms with van der Waals surface area (Å²) in [7, 11) is 1.54. The Labute approximate surface area is 184 Å². The zero-order valence-corrected chi connectivity index (χ0v) is 18.3. The Kier molecular flexibility index (Phi) is 7.45. The van der Waals surface area contributed by atoms with Gasteiger partial charge in [0, 0.05) is 33.1 Å². The lowest BCUT2D eigenvalue weighted by molar-refractivity contribution is -0.151. The maximum Gasteiger partial charge on any atom is 0.328 e. The SMILES string of the molecule is CCOC(=O)C1CCN(C(=O)CN(C)C(=O)CCn2c(=O)[nH]c(=O)c3ccccc32)CC1. The molecule has 0 radical (unpaired) electrons. The van der Waals surface area contributed by atoms with Crippen LogP contribution in [-0.2, 0) is 25.7 Å². The molecular formula is C22H28N4O6. The lowest BCUT2D eigenvalue weighted by atomic mass is 9.97. The van der Waals surface area contributed by atoms with Crippen molar-refractivity contribution in [2.75, 3.05) is 33.3 Å². The third-order valence-electron chi connectivity index (χ3n) is 5.72. The van der Waals surface area contributed by atoms with E-state index in [1.807, 2.05) is 0 Å². The van der Waals surface area contributed by atoms with E-state index in [0.29, 0.717) is 43.4 Å². The molecule has 1 N–H and O–H groups in total. The minimum atomic E-state index is -0.579. The van der Waals surface area contributed by atoms with Gasteiger partial charge < -0.3 is 14.5 Å². The molecule has 1 aromatic carbocycles. The highest BCUT2D eigenvalue weighted by molar-refractivity contribution is 5.85. The highest BCUT2D eigenvalue weighted by atomic mass is 16.5. The van der Waals surface area contributed by atoms with Crippen LogP contribution in [-0.4, -0.2) is 70.4 Å². The Balaban J connectivity index is 1.54. The van der Waals surface area contributed by atoms with Crippen molar-refractivity contribution in [2.24, 2.45) is 5.92 Å². The molecule has 0 unspecified atom stereocenters. The number of aryl methyl sites for hydroxylation is 1. The van der Waals surface area contributed by atoms with E-state index in [4.69, 9.17) is 4.74 Å². The summed E-state index contributed by atoms with van der Waals surface area (Å²) >= 11 is 0. The van der Waals surface area contributed by atoms with Crippen molar-refractivity contribution in [3.63, 3.8) is 0 Å². The second kappa shape index (κ2) is 10.3. The zero-order valence-electron chi connectivity index (χ0n) is 18.3. The normalized spacial score (nSPS) is 14.4. The molecule has 1 aliphatic heterocycles. The lowest BCUT2D eigenvalue weighted by Crippen LogP contribution is -2.45. The van der Waals surface area contributed by atoms with E-state index in [1.165, 1.54) is 9.47 Å². The number of nitrogens with one attached hydrogen (secondary N) is 1. The second-order valence-corrected chi connectivity index (χ2v) is 7.83. The van der Waals surface area contributed by atoms with Gasteiger partial charge in [0.2, 0.25) is 11.8 Å². The molecule has 2 aromatic rings. The number of fused-ring (bicyclic) bond motifs is 1. The number of ether oxygens (including phenoxy) is 1. The number of esters is 1. The molecule has 0 spiro atoms. The number of carbonyl (C=O) groups is 3. The number of aromatic amines is 1. The summed E-state index contributed by atoms with van der Waals surface area (Å²) in [6.07, 6.45) is 1.10. The van der Waals surface area contributed by atoms with Gasteiger partial charge in [-0.05, 0) is 31.9 Å². The van der Waals surface area contributed by atoms with Gasteiger partial charge in [-0.15, -0.1) is 0 Å². The molecule has 0 atom stereocenters. The number of likely N-dealkylation sites (tertiary alicyclic amines) is 1. The number of nitrogens with zero attached hydrogens (tertiary/aromatic N) is 3.